The van der Waals surface area contributed by atoms with Gasteiger partial charge in [-0.3, -0.25) is 0 Å². The molecule has 2 fully saturated rings. The Labute approximate surface area is 73.9 Å². The average molecular weight is 170 g/mol. The number of rotatable bonds is 1. The van der Waals surface area contributed by atoms with E-state index in [4.69, 9.17) is 4.74 Å². The predicted octanol–water partition coefficient (Wildman–Crippen LogP) is -0.0256. The zero-order valence-electron chi connectivity index (χ0n) is 7.51. The number of hydrogen-bond acceptors (Lipinski definition) is 3. The average Bonchev–Trinajstić information content (AvgIpc) is 2.21. The molecule has 70 valence electrons. The Morgan fingerprint density at radius 3 is 2.58 bits per heavy atom. The fraction of sp³-hybridized carbons (Fsp3) is 1.00. The van der Waals surface area contributed by atoms with Gasteiger partial charge in [-0.25, -0.2) is 0 Å². The first-order valence-electron chi connectivity index (χ1n) is 4.98. The van der Waals surface area contributed by atoms with Gasteiger partial charge in [-0.15, -0.1) is 0 Å². The summed E-state index contributed by atoms with van der Waals surface area (Å²) in [7, 11) is 0. The van der Waals surface area contributed by atoms with Gasteiger partial charge >= 0.3 is 0 Å². The van der Waals surface area contributed by atoms with Gasteiger partial charge in [0.15, 0.2) is 0 Å². The molecule has 2 saturated heterocycles. The lowest BCUT2D eigenvalue weighted by molar-refractivity contribution is 0.0518. The predicted molar refractivity (Wildman–Crippen MR) is 48.2 cm³/mol. The SMILES string of the molecule is C1CN[C@H](C2CCOCC2)CN1. The molecule has 3 nitrogen and oxygen atoms in total. The van der Waals surface area contributed by atoms with Gasteiger partial charge in [-0.05, 0) is 18.8 Å². The van der Waals surface area contributed by atoms with Crippen molar-refractivity contribution in [3.05, 3.63) is 0 Å². The Morgan fingerprint density at radius 2 is 1.92 bits per heavy atom. The molecule has 2 aliphatic rings. The molecule has 0 aliphatic carbocycles. The molecule has 0 aromatic heterocycles. The molecule has 2 heterocycles. The van der Waals surface area contributed by atoms with Crippen LogP contribution in [0.1, 0.15) is 12.8 Å². The number of hydrogen-bond donors (Lipinski definition) is 2. The monoisotopic (exact) mass is 170 g/mol. The van der Waals surface area contributed by atoms with E-state index in [1.165, 1.54) is 12.8 Å². The van der Waals surface area contributed by atoms with Crippen molar-refractivity contribution >= 4 is 0 Å². The second-order valence-electron chi connectivity index (χ2n) is 3.71. The normalized spacial score (nSPS) is 33.5. The molecule has 0 saturated carbocycles. The van der Waals surface area contributed by atoms with Gasteiger partial charge in [-0.1, -0.05) is 0 Å². The first-order chi connectivity index (χ1) is 5.97. The minimum atomic E-state index is 0.697. The van der Waals surface area contributed by atoms with Crippen molar-refractivity contribution in [2.45, 2.75) is 18.9 Å². The van der Waals surface area contributed by atoms with E-state index < -0.39 is 0 Å². The molecule has 2 rings (SSSR count). The van der Waals surface area contributed by atoms with Crippen molar-refractivity contribution in [2.24, 2.45) is 5.92 Å². The maximum Gasteiger partial charge on any atom is 0.0469 e. The molecule has 0 unspecified atom stereocenters. The zero-order chi connectivity index (χ0) is 8.23. The van der Waals surface area contributed by atoms with Crippen LogP contribution in [0, 0.1) is 5.92 Å². The highest BCUT2D eigenvalue weighted by atomic mass is 16.5. The van der Waals surface area contributed by atoms with Crippen LogP contribution in [-0.2, 0) is 4.74 Å². The topological polar surface area (TPSA) is 33.3 Å². The minimum Gasteiger partial charge on any atom is -0.381 e. The lowest BCUT2D eigenvalue weighted by atomic mass is 9.91. The molecule has 0 aromatic rings. The smallest absolute Gasteiger partial charge is 0.0469 e. The Bertz CT molecular complexity index is 112. The molecule has 0 aromatic carbocycles. The van der Waals surface area contributed by atoms with E-state index >= 15 is 0 Å². The van der Waals surface area contributed by atoms with Crippen molar-refractivity contribution in [3.63, 3.8) is 0 Å². The van der Waals surface area contributed by atoms with Gasteiger partial charge in [0, 0.05) is 38.9 Å². The summed E-state index contributed by atoms with van der Waals surface area (Å²) < 4.78 is 5.34. The Kier molecular flexibility index (Phi) is 2.98. The largest absolute Gasteiger partial charge is 0.381 e. The third-order valence-electron chi connectivity index (χ3n) is 2.91. The summed E-state index contributed by atoms with van der Waals surface area (Å²) in [5.74, 6) is 0.839. The zero-order valence-corrected chi connectivity index (χ0v) is 7.51. The van der Waals surface area contributed by atoms with E-state index in [0.29, 0.717) is 6.04 Å². The number of nitrogens with one attached hydrogen (secondary N) is 2. The summed E-state index contributed by atoms with van der Waals surface area (Å²) in [5, 5.41) is 7.00. The van der Waals surface area contributed by atoms with Crippen LogP contribution in [0.3, 0.4) is 0 Å². The lowest BCUT2D eigenvalue weighted by Gasteiger charge is -2.34. The van der Waals surface area contributed by atoms with Crippen molar-refractivity contribution in [1.82, 2.24) is 10.6 Å². The molecule has 2 aliphatic heterocycles. The summed E-state index contributed by atoms with van der Waals surface area (Å²) in [6, 6.07) is 0.697. The van der Waals surface area contributed by atoms with Crippen molar-refractivity contribution in [2.75, 3.05) is 32.8 Å². The van der Waals surface area contributed by atoms with Crippen LogP contribution in [0.15, 0.2) is 0 Å². The van der Waals surface area contributed by atoms with Crippen molar-refractivity contribution in [1.29, 1.82) is 0 Å². The van der Waals surface area contributed by atoms with Crippen LogP contribution in [0.25, 0.3) is 0 Å². The van der Waals surface area contributed by atoms with Crippen LogP contribution in [0.2, 0.25) is 0 Å². The van der Waals surface area contributed by atoms with Gasteiger partial charge in [-0.2, -0.15) is 0 Å². The maximum absolute atomic E-state index is 5.34. The molecular formula is C9H18N2O. The summed E-state index contributed by atoms with van der Waals surface area (Å²) in [6.45, 7) is 5.32. The van der Waals surface area contributed by atoms with E-state index in [-0.39, 0.29) is 0 Å². The summed E-state index contributed by atoms with van der Waals surface area (Å²) in [5.41, 5.74) is 0. The molecule has 2 N–H and O–H groups in total. The van der Waals surface area contributed by atoms with Gasteiger partial charge in [0.25, 0.3) is 0 Å². The van der Waals surface area contributed by atoms with E-state index in [9.17, 15) is 0 Å². The second kappa shape index (κ2) is 4.21. The first kappa shape index (κ1) is 8.48. The van der Waals surface area contributed by atoms with Crippen LogP contribution in [0.4, 0.5) is 0 Å². The molecule has 1 atom stereocenters. The third kappa shape index (κ3) is 1.97. The van der Waals surface area contributed by atoms with Crippen LogP contribution in [-0.4, -0.2) is 38.9 Å². The van der Waals surface area contributed by atoms with Crippen LogP contribution >= 0.6 is 0 Å². The lowest BCUT2D eigenvalue weighted by Crippen LogP contribution is -2.52. The van der Waals surface area contributed by atoms with Gasteiger partial charge < -0.3 is 15.4 Å². The Morgan fingerprint density at radius 1 is 1.08 bits per heavy atom. The van der Waals surface area contributed by atoms with Gasteiger partial charge in [0.1, 0.15) is 0 Å². The third-order valence-corrected chi connectivity index (χ3v) is 2.91. The van der Waals surface area contributed by atoms with Gasteiger partial charge in [0.2, 0.25) is 0 Å². The van der Waals surface area contributed by atoms with E-state index in [1.54, 1.807) is 0 Å². The van der Waals surface area contributed by atoms with E-state index in [2.05, 4.69) is 10.6 Å². The van der Waals surface area contributed by atoms with Crippen LogP contribution in [0.5, 0.6) is 0 Å². The highest BCUT2D eigenvalue weighted by Gasteiger charge is 2.24. The molecular weight excluding hydrogens is 152 g/mol. The molecule has 0 amide bonds. The fourth-order valence-electron chi connectivity index (χ4n) is 2.13. The first-order valence-corrected chi connectivity index (χ1v) is 4.98. The number of ether oxygens (including phenoxy) is 1. The Hall–Kier alpha value is -0.120. The van der Waals surface area contributed by atoms with Crippen molar-refractivity contribution in [3.8, 4) is 0 Å². The molecule has 3 heteroatoms. The van der Waals surface area contributed by atoms with Crippen LogP contribution < -0.4 is 10.6 Å². The van der Waals surface area contributed by atoms with Crippen molar-refractivity contribution < 1.29 is 4.74 Å². The number of piperazine rings is 1. The highest BCUT2D eigenvalue weighted by Crippen LogP contribution is 2.18. The second-order valence-corrected chi connectivity index (χ2v) is 3.71. The van der Waals surface area contributed by atoms with Gasteiger partial charge in [0.05, 0.1) is 0 Å². The fourth-order valence-corrected chi connectivity index (χ4v) is 2.13. The standard InChI is InChI=1S/C9H18N2O/c1-5-12-6-2-8(1)9-7-10-3-4-11-9/h8-11H,1-7H2/t9-/m0/s1. The minimum absolute atomic E-state index is 0.697. The molecule has 0 radical (unpaired) electrons. The summed E-state index contributed by atoms with van der Waals surface area (Å²) in [6.07, 6.45) is 2.47. The molecule has 0 bridgehead atoms. The summed E-state index contributed by atoms with van der Waals surface area (Å²) in [4.78, 5) is 0. The Balaban J connectivity index is 1.80. The summed E-state index contributed by atoms with van der Waals surface area (Å²) >= 11 is 0. The highest BCUT2D eigenvalue weighted by molar-refractivity contribution is 4.83. The quantitative estimate of drug-likeness (QED) is 0.580. The van der Waals surface area contributed by atoms with E-state index in [0.717, 1.165) is 38.8 Å². The molecule has 12 heavy (non-hydrogen) atoms. The molecule has 0 spiro atoms. The maximum atomic E-state index is 5.34. The van der Waals surface area contributed by atoms with E-state index in [1.807, 2.05) is 0 Å².